The Labute approximate surface area is 164 Å². The Morgan fingerprint density at radius 1 is 1.11 bits per heavy atom. The highest BCUT2D eigenvalue weighted by Gasteiger charge is 2.27. The minimum Gasteiger partial charge on any atom is -0.497 e. The van der Waals surface area contributed by atoms with Gasteiger partial charge in [-0.15, -0.1) is 0 Å². The highest BCUT2D eigenvalue weighted by atomic mass is 16.5. The van der Waals surface area contributed by atoms with Crippen molar-refractivity contribution in [1.82, 2.24) is 15.3 Å². The maximum absolute atomic E-state index is 12.8. The lowest BCUT2D eigenvalue weighted by Gasteiger charge is -2.28. The van der Waals surface area contributed by atoms with E-state index in [0.717, 1.165) is 42.5 Å². The van der Waals surface area contributed by atoms with E-state index in [1.165, 1.54) is 0 Å². The Morgan fingerprint density at radius 2 is 1.86 bits per heavy atom. The van der Waals surface area contributed by atoms with Gasteiger partial charge in [0.25, 0.3) is 5.91 Å². The first-order chi connectivity index (χ1) is 13.7. The third kappa shape index (κ3) is 3.81. The molecule has 1 amide bonds. The fourth-order valence-electron chi connectivity index (χ4n) is 3.94. The van der Waals surface area contributed by atoms with Crippen LogP contribution in [0.4, 0.5) is 0 Å². The molecule has 1 aliphatic rings. The molecule has 1 unspecified atom stereocenters. The minimum absolute atomic E-state index is 0.104. The first-order valence-electron chi connectivity index (χ1n) is 9.65. The largest absolute Gasteiger partial charge is 0.497 e. The lowest BCUT2D eigenvalue weighted by atomic mass is 9.85. The number of amides is 1. The normalized spacial score (nSPS) is 19.4. The second-order valence-corrected chi connectivity index (χ2v) is 7.27. The maximum atomic E-state index is 12.8. The van der Waals surface area contributed by atoms with E-state index >= 15 is 0 Å². The fraction of sp³-hybridized carbons (Fsp3) is 0.364. The number of hydrogen-bond donors (Lipinski definition) is 2. The van der Waals surface area contributed by atoms with E-state index in [-0.39, 0.29) is 11.9 Å². The van der Waals surface area contributed by atoms with Crippen molar-refractivity contribution in [2.45, 2.75) is 37.6 Å². The molecule has 0 saturated heterocycles. The van der Waals surface area contributed by atoms with Gasteiger partial charge in [-0.25, -0.2) is 4.98 Å². The molecular weight excluding hydrogens is 354 g/mol. The number of fused-ring (bicyclic) bond motifs is 1. The molecule has 28 heavy (non-hydrogen) atoms. The van der Waals surface area contributed by atoms with E-state index < -0.39 is 0 Å². The van der Waals surface area contributed by atoms with Gasteiger partial charge in [0.2, 0.25) is 0 Å². The van der Waals surface area contributed by atoms with Crippen LogP contribution < -0.4 is 14.8 Å². The zero-order valence-electron chi connectivity index (χ0n) is 16.2. The van der Waals surface area contributed by atoms with Crippen LogP contribution in [0.3, 0.4) is 0 Å². The highest BCUT2D eigenvalue weighted by Crippen LogP contribution is 2.32. The molecule has 6 nitrogen and oxygen atoms in total. The molecule has 1 aromatic heterocycles. The lowest BCUT2D eigenvalue weighted by Crippen LogP contribution is -2.38. The number of aromatic nitrogens is 2. The summed E-state index contributed by atoms with van der Waals surface area (Å²) in [6, 6.07) is 13.4. The van der Waals surface area contributed by atoms with Crippen molar-refractivity contribution in [2.75, 3.05) is 14.2 Å². The number of aromatic amines is 1. The van der Waals surface area contributed by atoms with Gasteiger partial charge < -0.3 is 19.8 Å². The summed E-state index contributed by atoms with van der Waals surface area (Å²) >= 11 is 0. The Hall–Kier alpha value is -3.02. The molecule has 1 saturated carbocycles. The van der Waals surface area contributed by atoms with Crippen molar-refractivity contribution in [1.29, 1.82) is 0 Å². The number of ether oxygens (including phenoxy) is 2. The van der Waals surface area contributed by atoms with Crippen LogP contribution in [0.1, 0.15) is 47.8 Å². The van der Waals surface area contributed by atoms with Crippen molar-refractivity contribution >= 4 is 16.9 Å². The SMILES string of the molecule is COc1cc(OC)cc(C(=O)NC2CCC[C@H](c3nc4ccccc4[nH]3)C2)c1. The highest BCUT2D eigenvalue weighted by molar-refractivity contribution is 5.95. The number of carbonyl (C=O) groups is 1. The Kier molecular flexibility index (Phi) is 5.19. The summed E-state index contributed by atoms with van der Waals surface area (Å²) in [6.45, 7) is 0. The van der Waals surface area contributed by atoms with Gasteiger partial charge in [0.05, 0.1) is 25.3 Å². The van der Waals surface area contributed by atoms with Crippen molar-refractivity contribution in [2.24, 2.45) is 0 Å². The molecule has 1 fully saturated rings. The molecule has 146 valence electrons. The van der Waals surface area contributed by atoms with Crippen molar-refractivity contribution < 1.29 is 14.3 Å². The second kappa shape index (κ2) is 7.92. The van der Waals surface area contributed by atoms with Gasteiger partial charge in [0.15, 0.2) is 0 Å². The molecule has 1 heterocycles. The molecule has 0 aliphatic heterocycles. The number of nitrogens with one attached hydrogen (secondary N) is 2. The van der Waals surface area contributed by atoms with Crippen molar-refractivity contribution in [3.05, 3.63) is 53.9 Å². The first kappa shape index (κ1) is 18.3. The number of hydrogen-bond acceptors (Lipinski definition) is 4. The van der Waals surface area contributed by atoms with Crippen LogP contribution in [0, 0.1) is 0 Å². The molecule has 0 spiro atoms. The summed E-state index contributed by atoms with van der Waals surface area (Å²) in [5.74, 6) is 2.45. The van der Waals surface area contributed by atoms with Crippen LogP contribution in [0.5, 0.6) is 11.5 Å². The lowest BCUT2D eigenvalue weighted by molar-refractivity contribution is 0.0924. The summed E-state index contributed by atoms with van der Waals surface area (Å²) in [5, 5.41) is 3.18. The molecule has 6 heteroatoms. The topological polar surface area (TPSA) is 76.2 Å². The van der Waals surface area contributed by atoms with E-state index in [1.54, 1.807) is 32.4 Å². The third-order valence-electron chi connectivity index (χ3n) is 5.42. The number of rotatable bonds is 5. The summed E-state index contributed by atoms with van der Waals surface area (Å²) < 4.78 is 10.5. The molecule has 2 N–H and O–H groups in total. The second-order valence-electron chi connectivity index (χ2n) is 7.27. The molecular formula is C22H25N3O3. The van der Waals surface area contributed by atoms with Crippen LogP contribution in [-0.4, -0.2) is 36.1 Å². The van der Waals surface area contributed by atoms with Gasteiger partial charge in [0.1, 0.15) is 17.3 Å². The minimum atomic E-state index is -0.104. The molecule has 2 atom stereocenters. The van der Waals surface area contributed by atoms with Crippen LogP contribution in [0.15, 0.2) is 42.5 Å². The Balaban J connectivity index is 1.47. The predicted octanol–water partition coefficient (Wildman–Crippen LogP) is 4.04. The smallest absolute Gasteiger partial charge is 0.251 e. The Morgan fingerprint density at radius 3 is 2.57 bits per heavy atom. The van der Waals surface area contributed by atoms with Crippen molar-refractivity contribution in [3.63, 3.8) is 0 Å². The average Bonchev–Trinajstić information content (AvgIpc) is 3.18. The molecule has 2 aromatic carbocycles. The number of methoxy groups -OCH3 is 2. The number of H-pyrrole nitrogens is 1. The molecule has 0 bridgehead atoms. The zero-order chi connectivity index (χ0) is 19.5. The third-order valence-corrected chi connectivity index (χ3v) is 5.42. The van der Waals surface area contributed by atoms with Crippen LogP contribution in [0.25, 0.3) is 11.0 Å². The van der Waals surface area contributed by atoms with Gasteiger partial charge in [-0.3, -0.25) is 4.79 Å². The van der Waals surface area contributed by atoms with E-state index in [2.05, 4.69) is 10.3 Å². The van der Waals surface area contributed by atoms with E-state index in [1.807, 2.05) is 24.3 Å². The predicted molar refractivity (Wildman–Crippen MR) is 108 cm³/mol. The van der Waals surface area contributed by atoms with Gasteiger partial charge in [-0.05, 0) is 43.5 Å². The first-order valence-corrected chi connectivity index (χ1v) is 9.65. The number of para-hydroxylation sites is 2. The summed E-state index contributed by atoms with van der Waals surface area (Å²) in [7, 11) is 3.16. The number of benzene rings is 2. The summed E-state index contributed by atoms with van der Waals surface area (Å²) in [6.07, 6.45) is 4.00. The van der Waals surface area contributed by atoms with Gasteiger partial charge in [0, 0.05) is 23.6 Å². The molecule has 1 aliphatic carbocycles. The van der Waals surface area contributed by atoms with Gasteiger partial charge in [-0.2, -0.15) is 0 Å². The van der Waals surface area contributed by atoms with Crippen LogP contribution in [-0.2, 0) is 0 Å². The zero-order valence-corrected chi connectivity index (χ0v) is 16.2. The average molecular weight is 379 g/mol. The monoisotopic (exact) mass is 379 g/mol. The fourth-order valence-corrected chi connectivity index (χ4v) is 3.94. The summed E-state index contributed by atoms with van der Waals surface area (Å²) in [5.41, 5.74) is 2.60. The summed E-state index contributed by atoms with van der Waals surface area (Å²) in [4.78, 5) is 21.0. The standard InChI is InChI=1S/C22H25N3O3/c1-27-17-11-15(12-18(13-17)28-2)22(26)23-16-7-5-6-14(10-16)21-24-19-8-3-4-9-20(19)25-21/h3-4,8-9,11-14,16H,5-7,10H2,1-2H3,(H,23,26)(H,24,25)/t14-,16?/m0/s1. The van der Waals surface area contributed by atoms with E-state index in [0.29, 0.717) is 23.0 Å². The van der Waals surface area contributed by atoms with Crippen LogP contribution in [0.2, 0.25) is 0 Å². The van der Waals surface area contributed by atoms with E-state index in [9.17, 15) is 4.79 Å². The number of carbonyl (C=O) groups excluding carboxylic acids is 1. The molecule has 3 aromatic rings. The number of nitrogens with zero attached hydrogens (tertiary/aromatic N) is 1. The molecule has 0 radical (unpaired) electrons. The Bertz CT molecular complexity index is 927. The maximum Gasteiger partial charge on any atom is 0.251 e. The number of imidazole rings is 1. The van der Waals surface area contributed by atoms with Gasteiger partial charge in [-0.1, -0.05) is 18.6 Å². The van der Waals surface area contributed by atoms with Crippen molar-refractivity contribution in [3.8, 4) is 11.5 Å². The quantitative estimate of drug-likeness (QED) is 0.702. The van der Waals surface area contributed by atoms with E-state index in [4.69, 9.17) is 14.5 Å². The molecule has 4 rings (SSSR count). The van der Waals surface area contributed by atoms with Gasteiger partial charge >= 0.3 is 0 Å². The van der Waals surface area contributed by atoms with Crippen LogP contribution >= 0.6 is 0 Å².